The van der Waals surface area contributed by atoms with Crippen molar-refractivity contribution >= 4 is 5.69 Å². The van der Waals surface area contributed by atoms with Crippen LogP contribution < -0.4 is 10.2 Å². The van der Waals surface area contributed by atoms with Gasteiger partial charge in [0, 0.05) is 25.3 Å². The molecule has 0 aliphatic rings. The third-order valence-corrected chi connectivity index (χ3v) is 3.21. The van der Waals surface area contributed by atoms with Gasteiger partial charge in [0.2, 0.25) is 0 Å². The van der Waals surface area contributed by atoms with E-state index in [-0.39, 0.29) is 11.9 Å². The van der Waals surface area contributed by atoms with E-state index in [1.165, 1.54) is 0 Å². The summed E-state index contributed by atoms with van der Waals surface area (Å²) < 4.78 is 13.5. The van der Waals surface area contributed by atoms with Gasteiger partial charge in [-0.15, -0.1) is 0 Å². The molecule has 0 amide bonds. The van der Waals surface area contributed by atoms with Crippen molar-refractivity contribution in [2.75, 3.05) is 25.0 Å². The van der Waals surface area contributed by atoms with Crippen molar-refractivity contribution in [2.45, 2.75) is 40.2 Å². The van der Waals surface area contributed by atoms with E-state index in [1.807, 2.05) is 6.07 Å². The monoisotopic (exact) mass is 266 g/mol. The Bertz CT molecular complexity index is 390. The van der Waals surface area contributed by atoms with Crippen LogP contribution in [0.3, 0.4) is 0 Å². The summed E-state index contributed by atoms with van der Waals surface area (Å²) in [7, 11) is 2.07. The van der Waals surface area contributed by atoms with Crippen LogP contribution in [0.25, 0.3) is 0 Å². The molecular weight excluding hydrogens is 239 g/mol. The van der Waals surface area contributed by atoms with Gasteiger partial charge >= 0.3 is 0 Å². The number of anilines is 1. The Hall–Kier alpha value is -1.09. The van der Waals surface area contributed by atoms with Crippen LogP contribution in [0, 0.1) is 11.7 Å². The maximum Gasteiger partial charge on any atom is 0.123 e. The second-order valence-corrected chi connectivity index (χ2v) is 5.65. The maximum atomic E-state index is 13.5. The van der Waals surface area contributed by atoms with Crippen molar-refractivity contribution in [3.63, 3.8) is 0 Å². The normalized spacial score (nSPS) is 12.8. The van der Waals surface area contributed by atoms with Crippen molar-refractivity contribution < 1.29 is 4.39 Å². The Balaban J connectivity index is 2.96. The second kappa shape index (κ2) is 7.49. The van der Waals surface area contributed by atoms with Crippen LogP contribution in [0.1, 0.15) is 45.7 Å². The van der Waals surface area contributed by atoms with Crippen molar-refractivity contribution in [3.05, 3.63) is 29.6 Å². The van der Waals surface area contributed by atoms with E-state index < -0.39 is 0 Å². The summed E-state index contributed by atoms with van der Waals surface area (Å²) >= 11 is 0. The molecule has 0 heterocycles. The van der Waals surface area contributed by atoms with E-state index in [9.17, 15) is 4.39 Å². The molecular formula is C16H27FN2. The summed E-state index contributed by atoms with van der Waals surface area (Å²) in [6.07, 6.45) is 1.08. The number of halogens is 1. The highest BCUT2D eigenvalue weighted by molar-refractivity contribution is 5.54. The molecule has 0 saturated carbocycles. The minimum absolute atomic E-state index is 0.165. The standard InChI is InChI=1S/C16H27FN2/c1-6-9-18-13(4)15-10-14(17)7-8-16(15)19(5)11-12(2)3/h7-8,10,12-13,18H,6,9,11H2,1-5H3. The van der Waals surface area contributed by atoms with E-state index in [2.05, 4.69) is 45.0 Å². The lowest BCUT2D eigenvalue weighted by atomic mass is 10.0. The fraction of sp³-hybridized carbons (Fsp3) is 0.625. The van der Waals surface area contributed by atoms with Gasteiger partial charge in [0.1, 0.15) is 5.82 Å². The highest BCUT2D eigenvalue weighted by Gasteiger charge is 2.14. The first kappa shape index (κ1) is 16.0. The Morgan fingerprint density at radius 3 is 2.53 bits per heavy atom. The molecule has 0 radical (unpaired) electrons. The zero-order valence-corrected chi connectivity index (χ0v) is 12.8. The van der Waals surface area contributed by atoms with Gasteiger partial charge in [-0.25, -0.2) is 4.39 Å². The third kappa shape index (κ3) is 4.83. The Morgan fingerprint density at radius 1 is 1.26 bits per heavy atom. The first-order valence-corrected chi connectivity index (χ1v) is 7.19. The minimum Gasteiger partial charge on any atom is -0.374 e. The van der Waals surface area contributed by atoms with Gasteiger partial charge < -0.3 is 10.2 Å². The molecule has 0 aliphatic heterocycles. The lowest BCUT2D eigenvalue weighted by Crippen LogP contribution is -2.27. The molecule has 2 nitrogen and oxygen atoms in total. The summed E-state index contributed by atoms with van der Waals surface area (Å²) in [5.74, 6) is 0.420. The number of nitrogens with one attached hydrogen (secondary N) is 1. The van der Waals surface area contributed by atoms with Gasteiger partial charge in [-0.2, -0.15) is 0 Å². The van der Waals surface area contributed by atoms with Crippen LogP contribution in [0.4, 0.5) is 10.1 Å². The Kier molecular flexibility index (Phi) is 6.29. The molecule has 0 bridgehead atoms. The quantitative estimate of drug-likeness (QED) is 0.803. The summed E-state index contributed by atoms with van der Waals surface area (Å²) in [6.45, 7) is 10.5. The fourth-order valence-corrected chi connectivity index (χ4v) is 2.34. The summed E-state index contributed by atoms with van der Waals surface area (Å²) in [5.41, 5.74) is 2.16. The maximum absolute atomic E-state index is 13.5. The van der Waals surface area contributed by atoms with Crippen molar-refractivity contribution in [3.8, 4) is 0 Å². The van der Waals surface area contributed by atoms with E-state index in [0.29, 0.717) is 5.92 Å². The number of rotatable bonds is 7. The summed E-state index contributed by atoms with van der Waals surface area (Å²) in [6, 6.07) is 5.25. The predicted molar refractivity (Wildman–Crippen MR) is 81.2 cm³/mol. The number of hydrogen-bond donors (Lipinski definition) is 1. The van der Waals surface area contributed by atoms with Gasteiger partial charge in [-0.05, 0) is 49.6 Å². The van der Waals surface area contributed by atoms with Crippen molar-refractivity contribution in [2.24, 2.45) is 5.92 Å². The molecule has 1 unspecified atom stereocenters. The first-order chi connectivity index (χ1) is 8.95. The molecule has 0 aliphatic carbocycles. The van der Waals surface area contributed by atoms with E-state index in [0.717, 1.165) is 30.8 Å². The predicted octanol–water partition coefficient (Wildman–Crippen LogP) is 3.98. The largest absolute Gasteiger partial charge is 0.374 e. The van der Waals surface area contributed by atoms with E-state index in [4.69, 9.17) is 0 Å². The molecule has 19 heavy (non-hydrogen) atoms. The molecule has 1 atom stereocenters. The van der Waals surface area contributed by atoms with Gasteiger partial charge in [0.15, 0.2) is 0 Å². The Labute approximate surface area is 117 Å². The van der Waals surface area contributed by atoms with Crippen LogP contribution >= 0.6 is 0 Å². The van der Waals surface area contributed by atoms with Crippen LogP contribution in [0.2, 0.25) is 0 Å². The smallest absolute Gasteiger partial charge is 0.123 e. The van der Waals surface area contributed by atoms with Crippen LogP contribution in [0.15, 0.2) is 18.2 Å². The molecule has 1 aromatic rings. The Morgan fingerprint density at radius 2 is 1.95 bits per heavy atom. The second-order valence-electron chi connectivity index (χ2n) is 5.65. The molecule has 1 rings (SSSR count). The van der Waals surface area contributed by atoms with Gasteiger partial charge in [0.05, 0.1) is 0 Å². The molecule has 1 aromatic carbocycles. The minimum atomic E-state index is -0.165. The molecule has 108 valence electrons. The van der Waals surface area contributed by atoms with E-state index >= 15 is 0 Å². The highest BCUT2D eigenvalue weighted by Crippen LogP contribution is 2.27. The average molecular weight is 266 g/mol. The molecule has 3 heteroatoms. The first-order valence-electron chi connectivity index (χ1n) is 7.19. The van der Waals surface area contributed by atoms with Crippen molar-refractivity contribution in [1.29, 1.82) is 0 Å². The van der Waals surface area contributed by atoms with Crippen LogP contribution in [-0.2, 0) is 0 Å². The van der Waals surface area contributed by atoms with Crippen molar-refractivity contribution in [1.82, 2.24) is 5.32 Å². The number of benzene rings is 1. The zero-order chi connectivity index (χ0) is 14.4. The fourth-order valence-electron chi connectivity index (χ4n) is 2.34. The molecule has 0 fully saturated rings. The van der Waals surface area contributed by atoms with E-state index in [1.54, 1.807) is 12.1 Å². The van der Waals surface area contributed by atoms with Gasteiger partial charge in [-0.3, -0.25) is 0 Å². The lowest BCUT2D eigenvalue weighted by Gasteiger charge is -2.27. The summed E-state index contributed by atoms with van der Waals surface area (Å²) in [4.78, 5) is 2.21. The average Bonchev–Trinajstić information content (AvgIpc) is 2.34. The SMILES string of the molecule is CCCNC(C)c1cc(F)ccc1N(C)CC(C)C. The van der Waals surface area contributed by atoms with Crippen LogP contribution in [0.5, 0.6) is 0 Å². The topological polar surface area (TPSA) is 15.3 Å². The molecule has 1 N–H and O–H groups in total. The molecule has 0 aromatic heterocycles. The highest BCUT2D eigenvalue weighted by atomic mass is 19.1. The third-order valence-electron chi connectivity index (χ3n) is 3.21. The summed E-state index contributed by atoms with van der Waals surface area (Å²) in [5, 5.41) is 3.43. The molecule has 0 spiro atoms. The van der Waals surface area contributed by atoms with Gasteiger partial charge in [0.25, 0.3) is 0 Å². The zero-order valence-electron chi connectivity index (χ0n) is 12.8. The number of nitrogens with zero attached hydrogens (tertiary/aromatic N) is 1. The van der Waals surface area contributed by atoms with Crippen LogP contribution in [-0.4, -0.2) is 20.1 Å². The lowest BCUT2D eigenvalue weighted by molar-refractivity contribution is 0.558. The van der Waals surface area contributed by atoms with Gasteiger partial charge in [-0.1, -0.05) is 20.8 Å². The molecule has 0 saturated heterocycles. The number of hydrogen-bond acceptors (Lipinski definition) is 2.